The van der Waals surface area contributed by atoms with Crippen LogP contribution in [-0.4, -0.2) is 74.2 Å². The average molecular weight is 527 g/mol. The van der Waals surface area contributed by atoms with Crippen molar-refractivity contribution in [2.45, 2.75) is 19.3 Å². The number of ether oxygens (including phenoxy) is 1. The molecular formula is C27H28F2N4O5. The number of carbonyl (C=O) groups excluding carboxylic acids is 3. The molecular weight excluding hydrogens is 498 g/mol. The summed E-state index contributed by atoms with van der Waals surface area (Å²) in [6.45, 7) is 2.60. The van der Waals surface area contributed by atoms with Crippen molar-refractivity contribution < 1.29 is 32.7 Å². The van der Waals surface area contributed by atoms with E-state index in [1.54, 1.807) is 18.2 Å². The van der Waals surface area contributed by atoms with E-state index in [0.29, 0.717) is 37.7 Å². The van der Waals surface area contributed by atoms with Crippen LogP contribution < -0.4 is 10.2 Å². The Labute approximate surface area is 218 Å². The first kappa shape index (κ1) is 26.9. The van der Waals surface area contributed by atoms with Gasteiger partial charge >= 0.3 is 0 Å². The molecule has 38 heavy (non-hydrogen) atoms. The Bertz CT molecular complexity index is 1270. The van der Waals surface area contributed by atoms with Crippen LogP contribution >= 0.6 is 0 Å². The van der Waals surface area contributed by atoms with Crippen molar-refractivity contribution >= 4 is 40.4 Å². The molecule has 200 valence electrons. The predicted molar refractivity (Wildman–Crippen MR) is 138 cm³/mol. The number of morpholine rings is 1. The Morgan fingerprint density at radius 1 is 1.05 bits per heavy atom. The van der Waals surface area contributed by atoms with Crippen LogP contribution in [0.4, 0.5) is 20.2 Å². The molecule has 3 amide bonds. The molecule has 0 aromatic heterocycles. The van der Waals surface area contributed by atoms with Crippen LogP contribution in [0.15, 0.2) is 59.8 Å². The van der Waals surface area contributed by atoms with E-state index in [4.69, 9.17) is 4.74 Å². The van der Waals surface area contributed by atoms with Crippen molar-refractivity contribution in [3.05, 3.63) is 65.7 Å². The number of hydrogen-bond acceptors (Lipinski definition) is 6. The fraction of sp³-hybridized carbons (Fsp3) is 0.333. The highest BCUT2D eigenvalue weighted by molar-refractivity contribution is 6.42. The minimum Gasteiger partial charge on any atom is -0.399 e. The molecule has 1 saturated heterocycles. The second kappa shape index (κ2) is 11.5. The second-order valence-electron chi connectivity index (χ2n) is 8.81. The third kappa shape index (κ3) is 5.88. The fourth-order valence-electron chi connectivity index (χ4n) is 4.29. The Morgan fingerprint density at radius 2 is 1.74 bits per heavy atom. The number of oxime groups is 1. The van der Waals surface area contributed by atoms with Gasteiger partial charge in [0, 0.05) is 54.5 Å². The molecule has 0 unspecified atom stereocenters. The number of nitrogens with one attached hydrogen (secondary N) is 1. The standard InChI is InChI=1S/C27H28F2N4O5/c1-18(31-37-2)25(35)30-20-9-7-19(8-10-20)26(36)33-12-11-27(28,29)22(21-5-3-4-6-23(21)33)17-24(34)32-13-15-38-16-14-32/h3-10,17H,11-16H2,1-2H3,(H,30,35)/b22-17-,31-18+. The molecule has 4 rings (SSSR count). The Morgan fingerprint density at radius 3 is 2.42 bits per heavy atom. The molecule has 2 aliphatic rings. The highest BCUT2D eigenvalue weighted by atomic mass is 19.3. The number of nitrogens with zero attached hydrogens (tertiary/aromatic N) is 3. The lowest BCUT2D eigenvalue weighted by atomic mass is 9.96. The van der Waals surface area contributed by atoms with Crippen LogP contribution in [0, 0.1) is 0 Å². The van der Waals surface area contributed by atoms with E-state index >= 15 is 8.78 Å². The van der Waals surface area contributed by atoms with Crippen LogP contribution in [0.5, 0.6) is 0 Å². The van der Waals surface area contributed by atoms with Gasteiger partial charge in [0.2, 0.25) is 5.91 Å². The number of amides is 3. The molecule has 11 heteroatoms. The first-order valence-corrected chi connectivity index (χ1v) is 12.1. The van der Waals surface area contributed by atoms with E-state index in [-0.39, 0.29) is 23.4 Å². The maximum Gasteiger partial charge on any atom is 0.275 e. The molecule has 0 radical (unpaired) electrons. The van der Waals surface area contributed by atoms with E-state index in [1.165, 1.54) is 54.2 Å². The summed E-state index contributed by atoms with van der Waals surface area (Å²) in [5, 5.41) is 6.20. The summed E-state index contributed by atoms with van der Waals surface area (Å²) in [7, 11) is 1.33. The summed E-state index contributed by atoms with van der Waals surface area (Å²) in [5.74, 6) is -4.80. The number of rotatable bonds is 5. The van der Waals surface area contributed by atoms with Gasteiger partial charge in [0.05, 0.1) is 18.9 Å². The molecule has 1 fully saturated rings. The maximum atomic E-state index is 15.4. The lowest BCUT2D eigenvalue weighted by molar-refractivity contribution is -0.130. The van der Waals surface area contributed by atoms with Gasteiger partial charge in [-0.15, -0.1) is 0 Å². The molecule has 2 aliphatic heterocycles. The summed E-state index contributed by atoms with van der Waals surface area (Å²) in [4.78, 5) is 45.8. The number of alkyl halides is 2. The van der Waals surface area contributed by atoms with Gasteiger partial charge in [-0.2, -0.15) is 0 Å². The van der Waals surface area contributed by atoms with Crippen molar-refractivity contribution in [3.8, 4) is 0 Å². The van der Waals surface area contributed by atoms with Gasteiger partial charge in [-0.3, -0.25) is 14.4 Å². The van der Waals surface area contributed by atoms with Gasteiger partial charge in [0.25, 0.3) is 17.7 Å². The lowest BCUT2D eigenvalue weighted by Crippen LogP contribution is -2.40. The number of hydrogen-bond donors (Lipinski definition) is 1. The van der Waals surface area contributed by atoms with Crippen molar-refractivity contribution in [3.63, 3.8) is 0 Å². The topological polar surface area (TPSA) is 101 Å². The first-order valence-electron chi connectivity index (χ1n) is 12.1. The highest BCUT2D eigenvalue weighted by Gasteiger charge is 2.41. The highest BCUT2D eigenvalue weighted by Crippen LogP contribution is 2.43. The zero-order valence-electron chi connectivity index (χ0n) is 21.1. The number of para-hydroxylation sites is 1. The number of carbonyl (C=O) groups is 3. The van der Waals surface area contributed by atoms with Crippen LogP contribution in [-0.2, 0) is 19.2 Å². The Balaban J connectivity index is 1.61. The quantitative estimate of drug-likeness (QED) is 0.365. The largest absolute Gasteiger partial charge is 0.399 e. The normalized spacial score (nSPS) is 18.4. The molecule has 0 spiro atoms. The first-order chi connectivity index (χ1) is 18.2. The van der Waals surface area contributed by atoms with E-state index < -0.39 is 35.6 Å². The zero-order chi connectivity index (χ0) is 27.3. The van der Waals surface area contributed by atoms with Crippen molar-refractivity contribution in [2.24, 2.45) is 5.16 Å². The van der Waals surface area contributed by atoms with Crippen molar-refractivity contribution in [2.75, 3.05) is 50.2 Å². The fourth-order valence-corrected chi connectivity index (χ4v) is 4.29. The van der Waals surface area contributed by atoms with E-state index in [2.05, 4.69) is 15.3 Å². The van der Waals surface area contributed by atoms with Crippen molar-refractivity contribution in [1.29, 1.82) is 0 Å². The predicted octanol–water partition coefficient (Wildman–Crippen LogP) is 3.58. The van der Waals surface area contributed by atoms with Crippen LogP contribution in [0.3, 0.4) is 0 Å². The zero-order valence-corrected chi connectivity index (χ0v) is 21.1. The van der Waals surface area contributed by atoms with Gasteiger partial charge in [0.1, 0.15) is 12.8 Å². The van der Waals surface area contributed by atoms with E-state index in [0.717, 1.165) is 6.08 Å². The molecule has 1 N–H and O–H groups in total. The molecule has 0 atom stereocenters. The molecule has 0 aliphatic carbocycles. The van der Waals surface area contributed by atoms with Crippen LogP contribution in [0.1, 0.15) is 29.3 Å². The minimum atomic E-state index is -3.33. The maximum absolute atomic E-state index is 15.4. The molecule has 2 aromatic rings. The summed E-state index contributed by atoms with van der Waals surface area (Å²) >= 11 is 0. The number of anilines is 2. The van der Waals surface area contributed by atoms with E-state index in [1.807, 2.05) is 0 Å². The molecule has 2 aromatic carbocycles. The van der Waals surface area contributed by atoms with Gasteiger partial charge in [-0.05, 0) is 37.3 Å². The van der Waals surface area contributed by atoms with Gasteiger partial charge < -0.3 is 24.7 Å². The van der Waals surface area contributed by atoms with Crippen LogP contribution in [0.25, 0.3) is 5.57 Å². The smallest absolute Gasteiger partial charge is 0.275 e. The molecule has 2 heterocycles. The second-order valence-corrected chi connectivity index (χ2v) is 8.81. The SMILES string of the molecule is CO/N=C(\C)C(=O)Nc1ccc(C(=O)N2CCC(F)(F)/C(=C\C(=O)N3CCOCC3)c3ccccc32)cc1. The number of allylic oxidation sites excluding steroid dienone is 1. The van der Waals surface area contributed by atoms with E-state index in [9.17, 15) is 14.4 Å². The van der Waals surface area contributed by atoms with Crippen LogP contribution in [0.2, 0.25) is 0 Å². The number of halogens is 2. The summed E-state index contributed by atoms with van der Waals surface area (Å²) < 4.78 is 36.1. The third-order valence-electron chi connectivity index (χ3n) is 6.31. The summed E-state index contributed by atoms with van der Waals surface area (Å²) in [5.41, 5.74) is 0.796. The summed E-state index contributed by atoms with van der Waals surface area (Å²) in [6, 6.07) is 12.4. The van der Waals surface area contributed by atoms with Gasteiger partial charge in [-0.1, -0.05) is 23.4 Å². The molecule has 9 nitrogen and oxygen atoms in total. The van der Waals surface area contributed by atoms with Crippen molar-refractivity contribution in [1.82, 2.24) is 4.90 Å². The lowest BCUT2D eigenvalue weighted by Gasteiger charge is -2.27. The Kier molecular flexibility index (Phi) is 8.16. The number of fused-ring (bicyclic) bond motifs is 1. The van der Waals surface area contributed by atoms with Gasteiger partial charge in [0.15, 0.2) is 0 Å². The molecule has 0 bridgehead atoms. The Hall–Kier alpha value is -4.12. The summed E-state index contributed by atoms with van der Waals surface area (Å²) in [6.07, 6.45) is 0.340. The molecule has 0 saturated carbocycles. The average Bonchev–Trinajstić information content (AvgIpc) is 3.03. The van der Waals surface area contributed by atoms with Gasteiger partial charge in [-0.25, -0.2) is 8.78 Å². The third-order valence-corrected chi connectivity index (χ3v) is 6.31. The monoisotopic (exact) mass is 526 g/mol. The minimum absolute atomic E-state index is 0.116. The number of benzene rings is 2.